The summed E-state index contributed by atoms with van der Waals surface area (Å²) in [4.78, 5) is 20.0. The highest BCUT2D eigenvalue weighted by molar-refractivity contribution is 6.05. The minimum Gasteiger partial charge on any atom is -0.326 e. The van der Waals surface area contributed by atoms with Gasteiger partial charge in [-0.3, -0.25) is 9.69 Å². The molecule has 2 aromatic carbocycles. The standard InChI is InChI=1S/C24H25N5O/c1-17(2)28-13-14-29-22-10-7-19(15-21(22)26-23(29)16-28)25-24(30)18-5-8-20(9-6-18)27-11-3-4-12-27/h3-12,15,17H,13-14,16H2,1-2H3,(H,25,30). The number of fused-ring (bicyclic) bond motifs is 3. The summed E-state index contributed by atoms with van der Waals surface area (Å²) in [5.74, 6) is 0.970. The van der Waals surface area contributed by atoms with Crippen molar-refractivity contribution in [2.24, 2.45) is 0 Å². The molecule has 0 spiro atoms. The van der Waals surface area contributed by atoms with E-state index < -0.39 is 0 Å². The van der Waals surface area contributed by atoms with Gasteiger partial charge < -0.3 is 14.5 Å². The van der Waals surface area contributed by atoms with E-state index in [1.807, 2.05) is 65.5 Å². The van der Waals surface area contributed by atoms with Gasteiger partial charge in [0.1, 0.15) is 5.82 Å². The first kappa shape index (κ1) is 18.6. The highest BCUT2D eigenvalue weighted by atomic mass is 16.1. The van der Waals surface area contributed by atoms with Crippen LogP contribution in [0.15, 0.2) is 67.0 Å². The Morgan fingerprint density at radius 1 is 1.03 bits per heavy atom. The highest BCUT2D eigenvalue weighted by Gasteiger charge is 2.21. The van der Waals surface area contributed by atoms with Crippen molar-refractivity contribution < 1.29 is 4.79 Å². The largest absolute Gasteiger partial charge is 0.326 e. The number of rotatable bonds is 4. The van der Waals surface area contributed by atoms with Crippen LogP contribution in [0.1, 0.15) is 30.0 Å². The average Bonchev–Trinajstić information content (AvgIpc) is 3.41. The van der Waals surface area contributed by atoms with E-state index in [1.54, 1.807) is 0 Å². The summed E-state index contributed by atoms with van der Waals surface area (Å²) < 4.78 is 4.30. The Bertz CT molecular complexity index is 1190. The van der Waals surface area contributed by atoms with Gasteiger partial charge in [0.25, 0.3) is 5.91 Å². The van der Waals surface area contributed by atoms with Gasteiger partial charge in [-0.25, -0.2) is 4.98 Å². The molecule has 2 aromatic heterocycles. The predicted octanol–water partition coefficient (Wildman–Crippen LogP) is 4.30. The van der Waals surface area contributed by atoms with E-state index in [-0.39, 0.29) is 5.91 Å². The van der Waals surface area contributed by atoms with Gasteiger partial charge in [-0.2, -0.15) is 0 Å². The minimum absolute atomic E-state index is 0.122. The molecule has 4 aromatic rings. The van der Waals surface area contributed by atoms with Gasteiger partial charge in [0.05, 0.1) is 17.6 Å². The Labute approximate surface area is 175 Å². The topological polar surface area (TPSA) is 55.1 Å². The van der Waals surface area contributed by atoms with Crippen molar-refractivity contribution >= 4 is 22.6 Å². The molecule has 0 fully saturated rings. The molecular formula is C24H25N5O. The van der Waals surface area contributed by atoms with Gasteiger partial charge in [-0.15, -0.1) is 0 Å². The lowest BCUT2D eigenvalue weighted by Crippen LogP contribution is -2.38. The molecule has 1 amide bonds. The van der Waals surface area contributed by atoms with E-state index in [0.717, 1.165) is 47.9 Å². The summed E-state index contributed by atoms with van der Waals surface area (Å²) in [5.41, 5.74) is 4.47. The molecule has 30 heavy (non-hydrogen) atoms. The molecule has 6 heteroatoms. The Morgan fingerprint density at radius 3 is 2.53 bits per heavy atom. The lowest BCUT2D eigenvalue weighted by Gasteiger charge is -2.30. The first-order chi connectivity index (χ1) is 14.6. The molecule has 1 aliphatic rings. The zero-order chi connectivity index (χ0) is 20.7. The first-order valence-corrected chi connectivity index (χ1v) is 10.4. The first-order valence-electron chi connectivity index (χ1n) is 10.4. The molecule has 6 nitrogen and oxygen atoms in total. The van der Waals surface area contributed by atoms with Crippen LogP contribution in [-0.2, 0) is 13.1 Å². The third kappa shape index (κ3) is 3.39. The summed E-state index contributed by atoms with van der Waals surface area (Å²) >= 11 is 0. The lowest BCUT2D eigenvalue weighted by molar-refractivity contribution is 0.102. The molecule has 0 saturated carbocycles. The third-order valence-corrected chi connectivity index (χ3v) is 5.80. The number of nitrogens with zero attached hydrogens (tertiary/aromatic N) is 4. The second-order valence-corrected chi connectivity index (χ2v) is 8.04. The number of hydrogen-bond acceptors (Lipinski definition) is 3. The fourth-order valence-corrected chi connectivity index (χ4v) is 4.05. The second kappa shape index (κ2) is 7.46. The molecule has 1 aliphatic heterocycles. The number of aromatic nitrogens is 3. The monoisotopic (exact) mass is 399 g/mol. The maximum Gasteiger partial charge on any atom is 0.255 e. The van der Waals surface area contributed by atoms with Crippen LogP contribution in [0.3, 0.4) is 0 Å². The molecule has 5 rings (SSSR count). The molecule has 0 bridgehead atoms. The summed E-state index contributed by atoms with van der Waals surface area (Å²) in [6.07, 6.45) is 3.96. The second-order valence-electron chi connectivity index (χ2n) is 8.04. The predicted molar refractivity (Wildman–Crippen MR) is 119 cm³/mol. The Hall–Kier alpha value is -3.38. The molecule has 1 N–H and O–H groups in total. The number of nitrogens with one attached hydrogen (secondary N) is 1. The molecule has 0 saturated heterocycles. The van der Waals surface area contributed by atoms with Crippen LogP contribution in [0, 0.1) is 0 Å². The number of carbonyl (C=O) groups excluding carboxylic acids is 1. The van der Waals surface area contributed by atoms with Gasteiger partial charge in [0.2, 0.25) is 0 Å². The Kier molecular flexibility index (Phi) is 4.64. The lowest BCUT2D eigenvalue weighted by atomic mass is 10.2. The van der Waals surface area contributed by atoms with E-state index in [1.165, 1.54) is 0 Å². The van der Waals surface area contributed by atoms with Crippen LogP contribution in [0.2, 0.25) is 0 Å². The van der Waals surface area contributed by atoms with Crippen LogP contribution in [0.4, 0.5) is 5.69 Å². The maximum atomic E-state index is 12.7. The normalized spacial score (nSPS) is 14.2. The Morgan fingerprint density at radius 2 is 1.80 bits per heavy atom. The van der Waals surface area contributed by atoms with E-state index in [0.29, 0.717) is 11.6 Å². The summed E-state index contributed by atoms with van der Waals surface area (Å²) in [6, 6.07) is 18.0. The number of carbonyl (C=O) groups is 1. The Balaban J connectivity index is 1.35. The summed E-state index contributed by atoms with van der Waals surface area (Å²) in [7, 11) is 0. The average molecular weight is 399 g/mol. The summed E-state index contributed by atoms with van der Waals surface area (Å²) in [6.45, 7) is 7.28. The minimum atomic E-state index is -0.122. The molecule has 3 heterocycles. The maximum absolute atomic E-state index is 12.7. The van der Waals surface area contributed by atoms with E-state index in [4.69, 9.17) is 4.98 Å². The van der Waals surface area contributed by atoms with Gasteiger partial charge in [0, 0.05) is 48.5 Å². The van der Waals surface area contributed by atoms with Crippen LogP contribution >= 0.6 is 0 Å². The zero-order valence-corrected chi connectivity index (χ0v) is 17.2. The molecule has 152 valence electrons. The van der Waals surface area contributed by atoms with Gasteiger partial charge in [-0.05, 0) is 68.4 Å². The van der Waals surface area contributed by atoms with Crippen molar-refractivity contribution in [2.45, 2.75) is 33.0 Å². The van der Waals surface area contributed by atoms with Crippen molar-refractivity contribution in [3.05, 3.63) is 78.4 Å². The summed E-state index contributed by atoms with van der Waals surface area (Å²) in [5, 5.41) is 3.01. The van der Waals surface area contributed by atoms with Crippen LogP contribution in [0.25, 0.3) is 16.7 Å². The van der Waals surface area contributed by atoms with E-state index >= 15 is 0 Å². The number of benzene rings is 2. The highest BCUT2D eigenvalue weighted by Crippen LogP contribution is 2.25. The number of amides is 1. The molecule has 0 unspecified atom stereocenters. The van der Waals surface area contributed by atoms with Crippen molar-refractivity contribution in [1.29, 1.82) is 0 Å². The fourth-order valence-electron chi connectivity index (χ4n) is 4.05. The third-order valence-electron chi connectivity index (χ3n) is 5.80. The number of imidazole rings is 1. The molecular weight excluding hydrogens is 374 g/mol. The molecule has 0 atom stereocenters. The van der Waals surface area contributed by atoms with Gasteiger partial charge in [0.15, 0.2) is 0 Å². The number of anilines is 1. The van der Waals surface area contributed by atoms with Crippen molar-refractivity contribution in [1.82, 2.24) is 19.0 Å². The SMILES string of the molecule is CC(C)N1CCn2c(nc3cc(NC(=O)c4ccc(-n5cccc5)cc4)ccc32)C1. The van der Waals surface area contributed by atoms with Crippen LogP contribution in [-0.4, -0.2) is 37.5 Å². The van der Waals surface area contributed by atoms with Crippen molar-refractivity contribution in [3.8, 4) is 5.69 Å². The number of hydrogen-bond donors (Lipinski definition) is 1. The van der Waals surface area contributed by atoms with E-state index in [9.17, 15) is 4.79 Å². The zero-order valence-electron chi connectivity index (χ0n) is 17.2. The fraction of sp³-hybridized carbons (Fsp3) is 0.250. The van der Waals surface area contributed by atoms with Gasteiger partial charge in [-0.1, -0.05) is 0 Å². The van der Waals surface area contributed by atoms with Crippen molar-refractivity contribution in [3.63, 3.8) is 0 Å². The smallest absolute Gasteiger partial charge is 0.255 e. The van der Waals surface area contributed by atoms with Crippen LogP contribution in [0.5, 0.6) is 0 Å². The van der Waals surface area contributed by atoms with Crippen LogP contribution < -0.4 is 5.32 Å². The van der Waals surface area contributed by atoms with Crippen molar-refractivity contribution in [2.75, 3.05) is 11.9 Å². The van der Waals surface area contributed by atoms with E-state index in [2.05, 4.69) is 34.7 Å². The quantitative estimate of drug-likeness (QED) is 0.557. The molecule has 0 aliphatic carbocycles. The molecule has 0 radical (unpaired) electrons. The van der Waals surface area contributed by atoms with Gasteiger partial charge >= 0.3 is 0 Å².